The Labute approximate surface area is 116 Å². The van der Waals surface area contributed by atoms with Crippen LogP contribution in [-0.4, -0.2) is 34.9 Å². The highest BCUT2D eigenvalue weighted by atomic mass is 32.2. The summed E-state index contributed by atoms with van der Waals surface area (Å²) in [4.78, 5) is 23.0. The molecular weight excluding hydrogens is 284 g/mol. The highest BCUT2D eigenvalue weighted by molar-refractivity contribution is 7.89. The van der Waals surface area contributed by atoms with Crippen LogP contribution in [0.15, 0.2) is 20.7 Å². The molecular formula is C11H16N4O4S. The van der Waals surface area contributed by atoms with Gasteiger partial charge in [0, 0.05) is 33.4 Å². The molecule has 1 heterocycles. The van der Waals surface area contributed by atoms with E-state index < -0.39 is 32.2 Å². The zero-order chi connectivity index (χ0) is 15.7. The lowest BCUT2D eigenvalue weighted by Gasteiger charge is -2.22. The summed E-state index contributed by atoms with van der Waals surface area (Å²) in [6.45, 7) is 1.56. The van der Waals surface area contributed by atoms with E-state index in [0.717, 1.165) is 19.6 Å². The van der Waals surface area contributed by atoms with E-state index in [1.807, 2.05) is 6.07 Å². The molecule has 0 aliphatic rings. The van der Waals surface area contributed by atoms with Crippen LogP contribution >= 0.6 is 0 Å². The van der Waals surface area contributed by atoms with Crippen molar-refractivity contribution in [2.24, 2.45) is 14.1 Å². The second-order valence-corrected chi connectivity index (χ2v) is 6.45. The van der Waals surface area contributed by atoms with Gasteiger partial charge in [-0.1, -0.05) is 0 Å². The first-order valence-electron chi connectivity index (χ1n) is 5.76. The lowest BCUT2D eigenvalue weighted by atomic mass is 10.3. The minimum atomic E-state index is -4.06. The van der Waals surface area contributed by atoms with Crippen molar-refractivity contribution in [3.8, 4) is 6.07 Å². The third kappa shape index (κ3) is 2.66. The molecule has 0 fully saturated rings. The third-order valence-corrected chi connectivity index (χ3v) is 5.03. The van der Waals surface area contributed by atoms with Crippen LogP contribution in [0.25, 0.3) is 0 Å². The number of aryl methyl sites for hydroxylation is 1. The van der Waals surface area contributed by atoms with E-state index in [4.69, 9.17) is 5.26 Å². The van der Waals surface area contributed by atoms with Crippen molar-refractivity contribution in [1.29, 1.82) is 5.26 Å². The molecule has 0 aromatic carbocycles. The SMILES string of the molecule is CC(CC#N)N(C)S(=O)(=O)c1cn(C)c(=O)n(C)c1=O. The van der Waals surface area contributed by atoms with Crippen LogP contribution in [0.2, 0.25) is 0 Å². The first-order chi connectivity index (χ1) is 9.14. The van der Waals surface area contributed by atoms with Crippen molar-refractivity contribution in [2.75, 3.05) is 7.05 Å². The van der Waals surface area contributed by atoms with Gasteiger partial charge in [0.2, 0.25) is 10.0 Å². The average molecular weight is 300 g/mol. The Morgan fingerprint density at radius 2 is 1.95 bits per heavy atom. The van der Waals surface area contributed by atoms with Gasteiger partial charge in [-0.3, -0.25) is 9.36 Å². The molecule has 0 N–H and O–H groups in total. The lowest BCUT2D eigenvalue weighted by molar-refractivity contribution is 0.391. The number of nitriles is 1. The van der Waals surface area contributed by atoms with Crippen molar-refractivity contribution in [3.63, 3.8) is 0 Å². The molecule has 1 unspecified atom stereocenters. The van der Waals surface area contributed by atoms with Gasteiger partial charge >= 0.3 is 5.69 Å². The number of aromatic nitrogens is 2. The Morgan fingerprint density at radius 1 is 1.40 bits per heavy atom. The quantitative estimate of drug-likeness (QED) is 0.709. The summed E-state index contributed by atoms with van der Waals surface area (Å²) in [6, 6.07) is 1.30. The molecule has 1 aromatic heterocycles. The van der Waals surface area contributed by atoms with Crippen molar-refractivity contribution in [1.82, 2.24) is 13.4 Å². The van der Waals surface area contributed by atoms with E-state index in [9.17, 15) is 18.0 Å². The molecule has 110 valence electrons. The molecule has 0 radical (unpaired) electrons. The van der Waals surface area contributed by atoms with Crippen LogP contribution in [0, 0.1) is 11.3 Å². The molecule has 0 spiro atoms. The van der Waals surface area contributed by atoms with Gasteiger partial charge < -0.3 is 4.57 Å². The van der Waals surface area contributed by atoms with Gasteiger partial charge in [0.25, 0.3) is 5.56 Å². The first-order valence-corrected chi connectivity index (χ1v) is 7.20. The van der Waals surface area contributed by atoms with Crippen LogP contribution in [0.4, 0.5) is 0 Å². The summed E-state index contributed by atoms with van der Waals surface area (Å²) in [5.74, 6) is 0. The zero-order valence-electron chi connectivity index (χ0n) is 11.7. The van der Waals surface area contributed by atoms with E-state index in [1.54, 1.807) is 6.92 Å². The molecule has 1 aromatic rings. The fraction of sp³-hybridized carbons (Fsp3) is 0.545. The molecule has 0 amide bonds. The van der Waals surface area contributed by atoms with E-state index in [-0.39, 0.29) is 6.42 Å². The third-order valence-electron chi connectivity index (χ3n) is 3.08. The molecule has 8 nitrogen and oxygen atoms in total. The lowest BCUT2D eigenvalue weighted by Crippen LogP contribution is -2.43. The normalized spacial score (nSPS) is 13.2. The largest absolute Gasteiger partial charge is 0.330 e. The number of sulfonamides is 1. The monoisotopic (exact) mass is 300 g/mol. The Balaban J connectivity index is 3.50. The maximum absolute atomic E-state index is 12.4. The average Bonchev–Trinajstić information content (AvgIpc) is 2.39. The number of rotatable bonds is 4. The minimum Gasteiger partial charge on any atom is -0.302 e. The summed E-state index contributed by atoms with van der Waals surface area (Å²) in [5, 5.41) is 8.62. The second kappa shape index (κ2) is 5.60. The second-order valence-electron chi connectivity index (χ2n) is 4.48. The fourth-order valence-electron chi connectivity index (χ4n) is 1.60. The summed E-state index contributed by atoms with van der Waals surface area (Å²) >= 11 is 0. The summed E-state index contributed by atoms with van der Waals surface area (Å²) in [7, 11) is -0.199. The molecule has 0 bridgehead atoms. The topological polar surface area (TPSA) is 105 Å². The van der Waals surface area contributed by atoms with Crippen LogP contribution < -0.4 is 11.2 Å². The van der Waals surface area contributed by atoms with E-state index in [2.05, 4.69) is 0 Å². The van der Waals surface area contributed by atoms with Gasteiger partial charge in [-0.2, -0.15) is 9.57 Å². The van der Waals surface area contributed by atoms with Crippen molar-refractivity contribution < 1.29 is 8.42 Å². The number of nitrogens with zero attached hydrogens (tertiary/aromatic N) is 4. The maximum Gasteiger partial charge on any atom is 0.330 e. The molecule has 0 saturated carbocycles. The standard InChI is InChI=1S/C11H16N4O4S/c1-8(5-6-12)15(4)20(18,19)9-7-13(2)11(17)14(3)10(9)16/h7-8H,5H2,1-4H3. The van der Waals surface area contributed by atoms with Crippen LogP contribution in [0.3, 0.4) is 0 Å². The van der Waals surface area contributed by atoms with E-state index >= 15 is 0 Å². The van der Waals surface area contributed by atoms with Crippen molar-refractivity contribution >= 4 is 10.0 Å². The Kier molecular flexibility index (Phi) is 4.52. The Hall–Kier alpha value is -1.92. The molecule has 0 aliphatic heterocycles. The zero-order valence-corrected chi connectivity index (χ0v) is 12.5. The van der Waals surface area contributed by atoms with E-state index in [1.165, 1.54) is 21.1 Å². The van der Waals surface area contributed by atoms with Crippen molar-refractivity contribution in [3.05, 3.63) is 27.0 Å². The highest BCUT2D eigenvalue weighted by Gasteiger charge is 2.29. The van der Waals surface area contributed by atoms with E-state index in [0.29, 0.717) is 0 Å². The van der Waals surface area contributed by atoms with Crippen LogP contribution in [0.1, 0.15) is 13.3 Å². The number of hydrogen-bond acceptors (Lipinski definition) is 5. The van der Waals surface area contributed by atoms with Gasteiger partial charge in [-0.25, -0.2) is 13.2 Å². The number of hydrogen-bond donors (Lipinski definition) is 0. The maximum atomic E-state index is 12.4. The fourth-order valence-corrected chi connectivity index (χ4v) is 3.11. The van der Waals surface area contributed by atoms with Gasteiger partial charge in [-0.05, 0) is 6.92 Å². The smallest absolute Gasteiger partial charge is 0.302 e. The van der Waals surface area contributed by atoms with Gasteiger partial charge in [0.05, 0.1) is 12.5 Å². The van der Waals surface area contributed by atoms with Gasteiger partial charge in [-0.15, -0.1) is 0 Å². The summed E-state index contributed by atoms with van der Waals surface area (Å²) < 4.78 is 27.5. The molecule has 1 rings (SSSR count). The molecule has 1 atom stereocenters. The summed E-state index contributed by atoms with van der Waals surface area (Å²) in [5.41, 5.74) is -1.49. The molecule has 20 heavy (non-hydrogen) atoms. The predicted octanol–water partition coefficient (Wildman–Crippen LogP) is -0.993. The van der Waals surface area contributed by atoms with Gasteiger partial charge in [0.1, 0.15) is 0 Å². The first kappa shape index (κ1) is 16.1. The molecule has 0 aliphatic carbocycles. The van der Waals surface area contributed by atoms with Crippen LogP contribution in [-0.2, 0) is 24.1 Å². The highest BCUT2D eigenvalue weighted by Crippen LogP contribution is 2.13. The molecule has 0 saturated heterocycles. The van der Waals surface area contributed by atoms with Crippen molar-refractivity contribution in [2.45, 2.75) is 24.3 Å². The predicted molar refractivity (Wildman–Crippen MR) is 71.6 cm³/mol. The minimum absolute atomic E-state index is 0.00180. The Bertz CT molecular complexity index is 769. The molecule has 9 heteroatoms. The van der Waals surface area contributed by atoms with Gasteiger partial charge in [0.15, 0.2) is 4.90 Å². The summed E-state index contributed by atoms with van der Waals surface area (Å²) in [6.07, 6.45) is 0.997. The Morgan fingerprint density at radius 3 is 2.45 bits per heavy atom. The van der Waals surface area contributed by atoms with Crippen LogP contribution in [0.5, 0.6) is 0 Å².